The second-order valence-corrected chi connectivity index (χ2v) is 8.56. The van der Waals surface area contributed by atoms with Crippen LogP contribution in [0.25, 0.3) is 0 Å². The highest BCUT2D eigenvalue weighted by molar-refractivity contribution is 5.76. The van der Waals surface area contributed by atoms with Crippen molar-refractivity contribution in [3.05, 3.63) is 20.8 Å². The third-order valence-electron chi connectivity index (χ3n) is 5.34. The van der Waals surface area contributed by atoms with Crippen LogP contribution in [0.5, 0.6) is 0 Å². The molecule has 2 aliphatic rings. The number of ether oxygens (including phenoxy) is 1. The van der Waals surface area contributed by atoms with Gasteiger partial charge in [0.05, 0.1) is 12.1 Å². The van der Waals surface area contributed by atoms with Gasteiger partial charge in [-0.15, -0.1) is 0 Å². The normalized spacial score (nSPS) is 17.3. The Labute approximate surface area is 163 Å². The molecule has 0 spiro atoms. The summed E-state index contributed by atoms with van der Waals surface area (Å²) in [4.78, 5) is 44.3. The molecular weight excluding hydrogens is 364 g/mol. The number of aromatic amines is 1. The van der Waals surface area contributed by atoms with Crippen molar-refractivity contribution < 1.29 is 14.6 Å². The van der Waals surface area contributed by atoms with E-state index in [9.17, 15) is 14.4 Å². The zero-order valence-electron chi connectivity index (χ0n) is 16.9. The topological polar surface area (TPSA) is 108 Å². The molecule has 0 unspecified atom stereocenters. The maximum Gasteiger partial charge on any atom is 0.330 e. The highest BCUT2D eigenvalue weighted by Crippen LogP contribution is 2.36. The van der Waals surface area contributed by atoms with E-state index in [0.717, 1.165) is 30.3 Å². The maximum atomic E-state index is 13.1. The molecule has 2 heterocycles. The second-order valence-electron chi connectivity index (χ2n) is 8.56. The second kappa shape index (κ2) is 7.98. The maximum absolute atomic E-state index is 13.1. The number of aliphatic hydroxyl groups excluding tert-OH is 1. The molecule has 0 radical (unpaired) electrons. The number of esters is 1. The molecular formula is C19H30N4O5. The number of aromatic nitrogens is 2. The van der Waals surface area contributed by atoms with Gasteiger partial charge in [-0.2, -0.15) is 0 Å². The lowest BCUT2D eigenvalue weighted by molar-refractivity contribution is -0.152. The van der Waals surface area contributed by atoms with Crippen molar-refractivity contribution in [2.75, 3.05) is 29.8 Å². The van der Waals surface area contributed by atoms with Gasteiger partial charge in [-0.1, -0.05) is 12.8 Å². The average molecular weight is 394 g/mol. The minimum atomic E-state index is -0.639. The van der Waals surface area contributed by atoms with Gasteiger partial charge in [-0.3, -0.25) is 19.1 Å². The summed E-state index contributed by atoms with van der Waals surface area (Å²) in [6, 6.07) is 0.255. The van der Waals surface area contributed by atoms with Crippen LogP contribution in [0.15, 0.2) is 9.59 Å². The predicted molar refractivity (Wildman–Crippen MR) is 106 cm³/mol. The van der Waals surface area contributed by atoms with Crippen molar-refractivity contribution in [3.8, 4) is 0 Å². The lowest BCUT2D eigenvalue weighted by atomic mass is 9.98. The smallest absolute Gasteiger partial charge is 0.330 e. The first-order chi connectivity index (χ1) is 13.2. The highest BCUT2D eigenvalue weighted by Gasteiger charge is 2.37. The molecule has 1 aromatic rings. The fourth-order valence-corrected chi connectivity index (χ4v) is 3.77. The summed E-state index contributed by atoms with van der Waals surface area (Å²) < 4.78 is 6.55. The van der Waals surface area contributed by atoms with Crippen molar-refractivity contribution in [1.29, 1.82) is 0 Å². The fraction of sp³-hybridized carbons (Fsp3) is 0.737. The monoisotopic (exact) mass is 394 g/mol. The number of nitrogens with one attached hydrogen (secondary N) is 1. The van der Waals surface area contributed by atoms with Gasteiger partial charge >= 0.3 is 11.7 Å². The highest BCUT2D eigenvalue weighted by atomic mass is 16.5. The first-order valence-electron chi connectivity index (χ1n) is 9.91. The Morgan fingerprint density at radius 1 is 1.25 bits per heavy atom. The van der Waals surface area contributed by atoms with Crippen LogP contribution in [0.4, 0.5) is 11.5 Å². The summed E-state index contributed by atoms with van der Waals surface area (Å²) in [6.07, 6.45) is 4.56. The molecule has 1 aliphatic heterocycles. The number of fused-ring (bicyclic) bond motifs is 1. The molecule has 3 rings (SSSR count). The molecule has 156 valence electrons. The van der Waals surface area contributed by atoms with Crippen molar-refractivity contribution in [1.82, 2.24) is 9.55 Å². The molecule has 0 aromatic carbocycles. The van der Waals surface area contributed by atoms with Crippen LogP contribution >= 0.6 is 0 Å². The van der Waals surface area contributed by atoms with E-state index in [1.54, 1.807) is 25.7 Å². The summed E-state index contributed by atoms with van der Waals surface area (Å²) in [7, 11) is 0. The van der Waals surface area contributed by atoms with Crippen LogP contribution in [-0.4, -0.2) is 46.7 Å². The summed E-state index contributed by atoms with van der Waals surface area (Å²) >= 11 is 0. The van der Waals surface area contributed by atoms with E-state index < -0.39 is 16.7 Å². The summed E-state index contributed by atoms with van der Waals surface area (Å²) in [5.41, 5.74) is -1.18. The number of hydrogen-bond donors (Lipinski definition) is 2. The third kappa shape index (κ3) is 3.94. The number of H-pyrrole nitrogens is 1. The van der Waals surface area contributed by atoms with Gasteiger partial charge in [0, 0.05) is 19.2 Å². The largest absolute Gasteiger partial charge is 0.444 e. The van der Waals surface area contributed by atoms with Crippen molar-refractivity contribution in [2.24, 2.45) is 5.41 Å². The number of rotatable bonds is 6. The van der Waals surface area contributed by atoms with Gasteiger partial charge in [-0.25, -0.2) is 4.79 Å². The number of carbonyl (C=O) groups excluding carboxylic acids is 1. The number of hydrogen-bond acceptors (Lipinski definition) is 7. The van der Waals surface area contributed by atoms with E-state index >= 15 is 0 Å². The van der Waals surface area contributed by atoms with Gasteiger partial charge in [-0.05, 0) is 40.0 Å². The molecule has 1 aromatic heterocycles. The van der Waals surface area contributed by atoms with Gasteiger partial charge in [0.2, 0.25) is 0 Å². The third-order valence-corrected chi connectivity index (χ3v) is 5.34. The number of aliphatic hydroxyl groups is 1. The molecule has 0 bridgehead atoms. The zero-order chi connectivity index (χ0) is 20.5. The Hall–Kier alpha value is -2.29. The number of nitrogens with zero attached hydrogens (tertiary/aromatic N) is 3. The molecule has 0 atom stereocenters. The SMILES string of the molecule is CC(C)(C)C(=O)OCN1CN(C2CCCC2)c2[nH]c(=O)n(CCCO)c(=O)c21. The Balaban J connectivity index is 1.94. The van der Waals surface area contributed by atoms with Crippen LogP contribution in [-0.2, 0) is 16.1 Å². The van der Waals surface area contributed by atoms with Gasteiger partial charge in [0.15, 0.2) is 6.73 Å². The molecule has 1 aliphatic carbocycles. The van der Waals surface area contributed by atoms with Crippen molar-refractivity contribution in [2.45, 2.75) is 65.5 Å². The minimum Gasteiger partial charge on any atom is -0.444 e. The average Bonchev–Trinajstić information content (AvgIpc) is 3.26. The standard InChI is InChI=1S/C19H30N4O5/c1-19(2,3)17(26)28-12-21-11-23(13-7-4-5-8-13)15-14(21)16(25)22(9-6-10-24)18(27)20-15/h13,24H,4-12H2,1-3H3,(H,20,27). The Kier molecular flexibility index (Phi) is 5.83. The lowest BCUT2D eigenvalue weighted by Crippen LogP contribution is -2.40. The fourth-order valence-electron chi connectivity index (χ4n) is 3.77. The van der Waals surface area contributed by atoms with E-state index in [1.165, 1.54) is 0 Å². The van der Waals surface area contributed by atoms with E-state index in [2.05, 4.69) is 4.98 Å². The summed E-state index contributed by atoms with van der Waals surface area (Å²) in [5.74, 6) is 0.160. The molecule has 0 saturated heterocycles. The first kappa shape index (κ1) is 20.4. The van der Waals surface area contributed by atoms with Crippen molar-refractivity contribution in [3.63, 3.8) is 0 Å². The molecule has 1 fully saturated rings. The molecule has 9 nitrogen and oxygen atoms in total. The quantitative estimate of drug-likeness (QED) is 0.693. The zero-order valence-corrected chi connectivity index (χ0v) is 16.9. The minimum absolute atomic E-state index is 0.0480. The first-order valence-corrected chi connectivity index (χ1v) is 9.91. The van der Waals surface area contributed by atoms with Crippen LogP contribution in [0.2, 0.25) is 0 Å². The van der Waals surface area contributed by atoms with Gasteiger partial charge in [0.1, 0.15) is 11.5 Å². The van der Waals surface area contributed by atoms with E-state index in [-0.39, 0.29) is 31.9 Å². The summed E-state index contributed by atoms with van der Waals surface area (Å²) in [5, 5.41) is 9.06. The lowest BCUT2D eigenvalue weighted by Gasteiger charge is -2.27. The van der Waals surface area contributed by atoms with Crippen molar-refractivity contribution >= 4 is 17.5 Å². The van der Waals surface area contributed by atoms with Gasteiger partial charge in [0.25, 0.3) is 5.56 Å². The van der Waals surface area contributed by atoms with Crippen LogP contribution in [0.1, 0.15) is 52.9 Å². The van der Waals surface area contributed by atoms with E-state index in [0.29, 0.717) is 24.6 Å². The van der Waals surface area contributed by atoms with Crippen LogP contribution < -0.4 is 21.0 Å². The van der Waals surface area contributed by atoms with Crippen LogP contribution in [0.3, 0.4) is 0 Å². The molecule has 2 N–H and O–H groups in total. The molecule has 0 amide bonds. The Bertz CT molecular complexity index is 832. The van der Waals surface area contributed by atoms with E-state index in [4.69, 9.17) is 9.84 Å². The predicted octanol–water partition coefficient (Wildman–Crippen LogP) is 0.992. The molecule has 1 saturated carbocycles. The molecule has 9 heteroatoms. The Morgan fingerprint density at radius 3 is 2.54 bits per heavy atom. The van der Waals surface area contributed by atoms with E-state index in [1.807, 2.05) is 4.90 Å². The Morgan fingerprint density at radius 2 is 1.93 bits per heavy atom. The number of carbonyl (C=O) groups is 1. The van der Waals surface area contributed by atoms with Gasteiger partial charge < -0.3 is 19.6 Å². The van der Waals surface area contributed by atoms with Crippen LogP contribution in [0, 0.1) is 5.41 Å². The molecule has 28 heavy (non-hydrogen) atoms. The summed E-state index contributed by atoms with van der Waals surface area (Å²) in [6.45, 7) is 5.70. The number of anilines is 2.